The Bertz CT molecular complexity index is 607. The molecule has 1 saturated heterocycles. The predicted octanol–water partition coefficient (Wildman–Crippen LogP) is 2.44. The Morgan fingerprint density at radius 2 is 2.07 bits per heavy atom. The first-order valence-electron chi connectivity index (χ1n) is 9.67. The number of anilines is 1. The zero-order valence-electron chi connectivity index (χ0n) is 17.2. The lowest BCUT2D eigenvalue weighted by atomic mass is 10.2. The lowest BCUT2D eigenvalue weighted by molar-refractivity contribution is -0.0261. The summed E-state index contributed by atoms with van der Waals surface area (Å²) in [4.78, 5) is 7.18. The standard InChI is InChI=1S/C20H34N4O3/c1-6-21-20(23-16-7-8-18(25-4)19(11-16)26-5)22-12-17-14-24(9-10-27-17)13-15(2)3/h7-8,11,15,17H,6,9-10,12-14H2,1-5H3,(H2,21,22,23). The predicted molar refractivity (Wildman–Crippen MR) is 110 cm³/mol. The third-order valence-electron chi connectivity index (χ3n) is 4.29. The van der Waals surface area contributed by atoms with Gasteiger partial charge >= 0.3 is 0 Å². The van der Waals surface area contributed by atoms with Crippen LogP contribution in [-0.2, 0) is 4.74 Å². The van der Waals surface area contributed by atoms with E-state index in [4.69, 9.17) is 19.2 Å². The molecule has 0 radical (unpaired) electrons. The Kier molecular flexibility index (Phi) is 8.67. The molecule has 1 atom stereocenters. The number of hydrogen-bond acceptors (Lipinski definition) is 5. The molecule has 152 valence electrons. The molecule has 2 rings (SSSR count). The molecular weight excluding hydrogens is 344 g/mol. The molecule has 0 spiro atoms. The highest BCUT2D eigenvalue weighted by molar-refractivity contribution is 5.93. The summed E-state index contributed by atoms with van der Waals surface area (Å²) in [6, 6.07) is 5.71. The number of nitrogens with zero attached hydrogens (tertiary/aromatic N) is 2. The molecule has 7 nitrogen and oxygen atoms in total. The van der Waals surface area contributed by atoms with Crippen molar-refractivity contribution in [2.45, 2.75) is 26.9 Å². The summed E-state index contributed by atoms with van der Waals surface area (Å²) in [5.74, 6) is 2.77. The van der Waals surface area contributed by atoms with Gasteiger partial charge in [0.05, 0.1) is 33.5 Å². The smallest absolute Gasteiger partial charge is 0.195 e. The van der Waals surface area contributed by atoms with E-state index in [9.17, 15) is 0 Å². The SMILES string of the molecule is CCNC(=NCC1CN(CC(C)C)CCO1)Nc1ccc(OC)c(OC)c1. The van der Waals surface area contributed by atoms with Crippen molar-refractivity contribution in [1.29, 1.82) is 0 Å². The minimum Gasteiger partial charge on any atom is -0.493 e. The van der Waals surface area contributed by atoms with Crippen LogP contribution in [0, 0.1) is 5.92 Å². The number of nitrogens with one attached hydrogen (secondary N) is 2. The van der Waals surface area contributed by atoms with Crippen LogP contribution in [0.3, 0.4) is 0 Å². The van der Waals surface area contributed by atoms with Gasteiger partial charge in [0.15, 0.2) is 17.5 Å². The lowest BCUT2D eigenvalue weighted by Crippen LogP contribution is -2.45. The van der Waals surface area contributed by atoms with Crippen molar-refractivity contribution < 1.29 is 14.2 Å². The highest BCUT2D eigenvalue weighted by Crippen LogP contribution is 2.29. The molecule has 1 aromatic rings. The zero-order valence-corrected chi connectivity index (χ0v) is 17.2. The van der Waals surface area contributed by atoms with Crippen LogP contribution >= 0.6 is 0 Å². The van der Waals surface area contributed by atoms with Crippen molar-refractivity contribution in [2.24, 2.45) is 10.9 Å². The molecule has 0 bridgehead atoms. The average Bonchev–Trinajstić information content (AvgIpc) is 2.66. The molecule has 7 heteroatoms. The molecular formula is C20H34N4O3. The topological polar surface area (TPSA) is 67.4 Å². The molecule has 0 aromatic heterocycles. The first-order chi connectivity index (χ1) is 13.0. The molecule has 2 N–H and O–H groups in total. The summed E-state index contributed by atoms with van der Waals surface area (Å²) < 4.78 is 16.5. The van der Waals surface area contributed by atoms with Crippen LogP contribution in [-0.4, -0.2) is 70.5 Å². The lowest BCUT2D eigenvalue weighted by Gasteiger charge is -2.33. The summed E-state index contributed by atoms with van der Waals surface area (Å²) in [7, 11) is 3.26. The zero-order chi connectivity index (χ0) is 19.6. The van der Waals surface area contributed by atoms with E-state index in [-0.39, 0.29) is 6.10 Å². The Hall–Kier alpha value is -1.99. The minimum atomic E-state index is 0.123. The normalized spacial score (nSPS) is 18.4. The van der Waals surface area contributed by atoms with Crippen LogP contribution in [0.15, 0.2) is 23.2 Å². The maximum Gasteiger partial charge on any atom is 0.195 e. The van der Waals surface area contributed by atoms with Gasteiger partial charge in [0.2, 0.25) is 0 Å². The van der Waals surface area contributed by atoms with Gasteiger partial charge in [-0.05, 0) is 25.0 Å². The second-order valence-electron chi connectivity index (χ2n) is 7.06. The molecule has 0 amide bonds. The highest BCUT2D eigenvalue weighted by atomic mass is 16.5. The van der Waals surface area contributed by atoms with Gasteiger partial charge in [-0.15, -0.1) is 0 Å². The van der Waals surface area contributed by atoms with Gasteiger partial charge in [-0.2, -0.15) is 0 Å². The molecule has 1 fully saturated rings. The quantitative estimate of drug-likeness (QED) is 0.535. The van der Waals surface area contributed by atoms with E-state index in [0.29, 0.717) is 24.0 Å². The summed E-state index contributed by atoms with van der Waals surface area (Å²) in [6.07, 6.45) is 0.123. The van der Waals surface area contributed by atoms with Gasteiger partial charge in [0.25, 0.3) is 0 Å². The number of hydrogen-bond donors (Lipinski definition) is 2. The summed E-state index contributed by atoms with van der Waals surface area (Å²) in [6.45, 7) is 11.8. The average molecular weight is 379 g/mol. The fourth-order valence-corrected chi connectivity index (χ4v) is 3.12. The van der Waals surface area contributed by atoms with Crippen molar-refractivity contribution in [3.05, 3.63) is 18.2 Å². The van der Waals surface area contributed by atoms with Gasteiger partial charge < -0.3 is 24.8 Å². The van der Waals surface area contributed by atoms with Gasteiger partial charge in [0.1, 0.15) is 0 Å². The van der Waals surface area contributed by atoms with Gasteiger partial charge in [-0.3, -0.25) is 9.89 Å². The summed E-state index contributed by atoms with van der Waals surface area (Å²) in [5.41, 5.74) is 0.887. The highest BCUT2D eigenvalue weighted by Gasteiger charge is 2.20. The molecule has 1 aromatic carbocycles. The third kappa shape index (κ3) is 6.92. The molecule has 1 unspecified atom stereocenters. The van der Waals surface area contributed by atoms with E-state index in [1.54, 1.807) is 14.2 Å². The van der Waals surface area contributed by atoms with Crippen LogP contribution in [0.4, 0.5) is 5.69 Å². The molecule has 0 saturated carbocycles. The molecule has 1 heterocycles. The second kappa shape index (κ2) is 11.0. The van der Waals surface area contributed by atoms with Gasteiger partial charge in [0, 0.05) is 37.9 Å². The van der Waals surface area contributed by atoms with E-state index in [1.165, 1.54) is 0 Å². The fraction of sp³-hybridized carbons (Fsp3) is 0.650. The number of morpholine rings is 1. The number of ether oxygens (including phenoxy) is 3. The Balaban J connectivity index is 1.99. The maximum absolute atomic E-state index is 5.89. The molecule has 27 heavy (non-hydrogen) atoms. The summed E-state index contributed by atoms with van der Waals surface area (Å²) >= 11 is 0. The maximum atomic E-state index is 5.89. The van der Waals surface area contributed by atoms with Crippen LogP contribution in [0.5, 0.6) is 11.5 Å². The van der Waals surface area contributed by atoms with Gasteiger partial charge in [-0.25, -0.2) is 0 Å². The van der Waals surface area contributed by atoms with Gasteiger partial charge in [-0.1, -0.05) is 13.8 Å². The Morgan fingerprint density at radius 1 is 1.30 bits per heavy atom. The third-order valence-corrected chi connectivity index (χ3v) is 4.29. The van der Waals surface area contributed by atoms with E-state index < -0.39 is 0 Å². The van der Waals surface area contributed by atoms with Crippen molar-refractivity contribution in [2.75, 3.05) is 58.9 Å². The van der Waals surface area contributed by atoms with E-state index in [0.717, 1.165) is 44.4 Å². The summed E-state index contributed by atoms with van der Waals surface area (Å²) in [5, 5.41) is 6.60. The number of benzene rings is 1. The van der Waals surface area contributed by atoms with E-state index >= 15 is 0 Å². The first-order valence-corrected chi connectivity index (χ1v) is 9.67. The Morgan fingerprint density at radius 3 is 2.74 bits per heavy atom. The van der Waals surface area contributed by atoms with Crippen LogP contribution in [0.1, 0.15) is 20.8 Å². The van der Waals surface area contributed by atoms with Crippen LogP contribution < -0.4 is 20.1 Å². The Labute approximate surface area is 163 Å². The number of guanidine groups is 1. The number of rotatable bonds is 8. The number of methoxy groups -OCH3 is 2. The van der Waals surface area contributed by atoms with Crippen molar-refractivity contribution in [1.82, 2.24) is 10.2 Å². The number of aliphatic imine (C=N–C) groups is 1. The first kappa shape index (κ1) is 21.3. The van der Waals surface area contributed by atoms with Crippen molar-refractivity contribution in [3.8, 4) is 11.5 Å². The van der Waals surface area contributed by atoms with E-state index in [2.05, 4.69) is 29.4 Å². The largest absolute Gasteiger partial charge is 0.493 e. The fourth-order valence-electron chi connectivity index (χ4n) is 3.12. The van der Waals surface area contributed by atoms with Crippen molar-refractivity contribution >= 4 is 11.6 Å². The van der Waals surface area contributed by atoms with E-state index in [1.807, 2.05) is 25.1 Å². The molecule has 1 aliphatic rings. The second-order valence-corrected chi connectivity index (χ2v) is 7.06. The van der Waals surface area contributed by atoms with Crippen LogP contribution in [0.2, 0.25) is 0 Å². The molecule has 0 aliphatic carbocycles. The minimum absolute atomic E-state index is 0.123. The monoisotopic (exact) mass is 378 g/mol. The molecule has 1 aliphatic heterocycles. The van der Waals surface area contributed by atoms with Crippen LogP contribution in [0.25, 0.3) is 0 Å². The van der Waals surface area contributed by atoms with Crippen molar-refractivity contribution in [3.63, 3.8) is 0 Å².